The number of thioether (sulfide) groups is 1. The molecule has 0 aromatic heterocycles. The summed E-state index contributed by atoms with van der Waals surface area (Å²) in [7, 11) is 1.34. The lowest BCUT2D eigenvalue weighted by molar-refractivity contribution is -0.140. The molecule has 1 atom stereocenters. The summed E-state index contributed by atoms with van der Waals surface area (Å²) in [6, 6.07) is 45.9. The first-order chi connectivity index (χ1) is 24.5. The Morgan fingerprint density at radius 1 is 0.700 bits per heavy atom. The number of ether oxygens (including phenoxy) is 2. The van der Waals surface area contributed by atoms with E-state index in [0.717, 1.165) is 38.9 Å². The molecule has 2 N–H and O–H groups in total. The van der Waals surface area contributed by atoms with Crippen molar-refractivity contribution in [2.24, 2.45) is 0 Å². The van der Waals surface area contributed by atoms with Crippen LogP contribution in [0.15, 0.2) is 140 Å². The minimum Gasteiger partial charge on any atom is -0.469 e. The van der Waals surface area contributed by atoms with Gasteiger partial charge in [-0.05, 0) is 45.4 Å². The molecule has 5 aromatic carbocycles. The van der Waals surface area contributed by atoms with Crippen molar-refractivity contribution in [1.82, 2.24) is 10.6 Å². The van der Waals surface area contributed by atoms with E-state index in [1.165, 1.54) is 7.11 Å². The van der Waals surface area contributed by atoms with Crippen LogP contribution in [0.5, 0.6) is 0 Å². The summed E-state index contributed by atoms with van der Waals surface area (Å²) in [5.74, 6) is -0.596. The first kappa shape index (κ1) is 34.5. The van der Waals surface area contributed by atoms with Gasteiger partial charge in [0.2, 0.25) is 5.91 Å². The smallest absolute Gasteiger partial charge is 0.407 e. The molecular formula is C42H40N2O5S. The topological polar surface area (TPSA) is 93.7 Å². The molecule has 7 nitrogen and oxygen atoms in total. The van der Waals surface area contributed by atoms with E-state index in [2.05, 4.69) is 71.3 Å². The van der Waals surface area contributed by atoms with E-state index >= 15 is 0 Å². The van der Waals surface area contributed by atoms with Crippen LogP contribution < -0.4 is 10.6 Å². The standard InChI is InChI=1S/C42H40N2O5S/c1-48-39(45)26-15-27-43-40(46)38(44-41(47)49-28-37-35-24-13-11-22-33(35)34-23-12-14-25-36(34)37)29-50-42(30-16-5-2-6-17-30,31-18-7-3-8-19-31)32-20-9-4-10-21-32/h2-14,16-25,37-38H,15,26-29H2,1H3,(H,43,46)(H,44,47). The summed E-state index contributed by atoms with van der Waals surface area (Å²) in [6.07, 6.45) is -0.0905. The molecular weight excluding hydrogens is 645 g/mol. The lowest BCUT2D eigenvalue weighted by atomic mass is 9.84. The zero-order valence-electron chi connectivity index (χ0n) is 27.9. The second-order valence-corrected chi connectivity index (χ2v) is 13.3. The maximum atomic E-state index is 13.8. The van der Waals surface area contributed by atoms with Gasteiger partial charge in [-0.1, -0.05) is 140 Å². The van der Waals surface area contributed by atoms with Crippen molar-refractivity contribution < 1.29 is 23.9 Å². The number of fused-ring (bicyclic) bond motifs is 3. The van der Waals surface area contributed by atoms with Crippen LogP contribution in [0.2, 0.25) is 0 Å². The molecule has 0 saturated heterocycles. The lowest BCUT2D eigenvalue weighted by Crippen LogP contribution is -2.49. The van der Waals surface area contributed by atoms with Gasteiger partial charge < -0.3 is 20.1 Å². The van der Waals surface area contributed by atoms with Crippen LogP contribution in [0, 0.1) is 0 Å². The molecule has 50 heavy (non-hydrogen) atoms. The molecule has 0 bridgehead atoms. The lowest BCUT2D eigenvalue weighted by Gasteiger charge is -2.36. The number of esters is 1. The van der Waals surface area contributed by atoms with Crippen molar-refractivity contribution in [3.8, 4) is 11.1 Å². The number of methoxy groups -OCH3 is 1. The zero-order valence-corrected chi connectivity index (χ0v) is 28.7. The molecule has 0 aliphatic heterocycles. The third-order valence-corrected chi connectivity index (χ3v) is 10.7. The minimum absolute atomic E-state index is 0.116. The Bertz CT molecular complexity index is 1760. The quantitative estimate of drug-likeness (QED) is 0.0708. The molecule has 8 heteroatoms. The monoisotopic (exact) mass is 684 g/mol. The van der Waals surface area contributed by atoms with Gasteiger partial charge >= 0.3 is 12.1 Å². The first-order valence-electron chi connectivity index (χ1n) is 16.8. The van der Waals surface area contributed by atoms with E-state index < -0.39 is 16.9 Å². The summed E-state index contributed by atoms with van der Waals surface area (Å²) in [5, 5.41) is 5.81. The predicted octanol–water partition coefficient (Wildman–Crippen LogP) is 7.69. The maximum Gasteiger partial charge on any atom is 0.407 e. The largest absolute Gasteiger partial charge is 0.469 e. The Balaban J connectivity index is 1.25. The normalized spacial score (nSPS) is 12.7. The van der Waals surface area contributed by atoms with E-state index in [0.29, 0.717) is 6.42 Å². The summed E-state index contributed by atoms with van der Waals surface area (Å²) in [6.45, 7) is 0.380. The third-order valence-electron chi connectivity index (χ3n) is 9.04. The number of rotatable bonds is 14. The van der Waals surface area contributed by atoms with Crippen LogP contribution in [0.3, 0.4) is 0 Å². The fourth-order valence-corrected chi connectivity index (χ4v) is 8.17. The second kappa shape index (κ2) is 16.4. The second-order valence-electron chi connectivity index (χ2n) is 12.1. The van der Waals surface area contributed by atoms with Crippen molar-refractivity contribution in [2.75, 3.05) is 26.0 Å². The molecule has 0 fully saturated rings. The summed E-state index contributed by atoms with van der Waals surface area (Å²) in [5.41, 5.74) is 7.61. The van der Waals surface area contributed by atoms with Gasteiger partial charge in [-0.15, -0.1) is 11.8 Å². The fourth-order valence-electron chi connectivity index (χ4n) is 6.61. The van der Waals surface area contributed by atoms with Crippen LogP contribution in [-0.2, 0) is 23.8 Å². The number of alkyl carbamates (subject to hydrolysis) is 1. The molecule has 0 saturated carbocycles. The number of hydrogen-bond acceptors (Lipinski definition) is 6. The Morgan fingerprint density at radius 3 is 1.68 bits per heavy atom. The number of nitrogens with one attached hydrogen (secondary N) is 2. The van der Waals surface area contributed by atoms with E-state index in [-0.39, 0.29) is 43.1 Å². The third kappa shape index (κ3) is 7.61. The van der Waals surface area contributed by atoms with E-state index in [4.69, 9.17) is 9.47 Å². The van der Waals surface area contributed by atoms with Gasteiger partial charge in [0.25, 0.3) is 0 Å². The SMILES string of the molecule is COC(=O)CCCNC(=O)C(CSC(c1ccccc1)(c1ccccc1)c1ccccc1)NC(=O)OCC1c2ccccc2-c2ccccc21. The highest BCUT2D eigenvalue weighted by Crippen LogP contribution is 2.49. The van der Waals surface area contributed by atoms with Gasteiger partial charge in [0.05, 0.1) is 11.9 Å². The van der Waals surface area contributed by atoms with Crippen molar-refractivity contribution >= 4 is 29.7 Å². The van der Waals surface area contributed by atoms with Crippen molar-refractivity contribution in [1.29, 1.82) is 0 Å². The molecule has 6 rings (SSSR count). The van der Waals surface area contributed by atoms with E-state index in [9.17, 15) is 14.4 Å². The van der Waals surface area contributed by atoms with Crippen LogP contribution in [0.1, 0.15) is 46.6 Å². The average Bonchev–Trinajstić information content (AvgIpc) is 3.50. The fraction of sp³-hybridized carbons (Fsp3) is 0.214. The zero-order chi connectivity index (χ0) is 34.8. The molecule has 5 aromatic rings. The van der Waals surface area contributed by atoms with Gasteiger partial charge in [-0.2, -0.15) is 0 Å². The summed E-state index contributed by atoms with van der Waals surface area (Å²) in [4.78, 5) is 39.0. The van der Waals surface area contributed by atoms with Crippen LogP contribution in [0.4, 0.5) is 4.79 Å². The number of hydrogen-bond donors (Lipinski definition) is 2. The number of carbonyl (C=O) groups is 3. The number of benzene rings is 5. The summed E-state index contributed by atoms with van der Waals surface area (Å²) >= 11 is 1.57. The highest BCUT2D eigenvalue weighted by Gasteiger charge is 2.39. The van der Waals surface area contributed by atoms with Crippen molar-refractivity contribution in [3.63, 3.8) is 0 Å². The van der Waals surface area contributed by atoms with Gasteiger partial charge in [0, 0.05) is 24.6 Å². The van der Waals surface area contributed by atoms with Crippen LogP contribution >= 0.6 is 11.8 Å². The molecule has 1 aliphatic rings. The molecule has 1 aliphatic carbocycles. The first-order valence-corrected chi connectivity index (χ1v) is 17.8. The molecule has 2 amide bonds. The van der Waals surface area contributed by atoms with Crippen LogP contribution in [0.25, 0.3) is 11.1 Å². The molecule has 0 heterocycles. The van der Waals surface area contributed by atoms with Gasteiger partial charge in [0.15, 0.2) is 0 Å². The average molecular weight is 685 g/mol. The van der Waals surface area contributed by atoms with Crippen molar-refractivity contribution in [2.45, 2.75) is 29.5 Å². The van der Waals surface area contributed by atoms with Crippen LogP contribution in [-0.4, -0.2) is 50.0 Å². The molecule has 0 spiro atoms. The maximum absolute atomic E-state index is 13.8. The Morgan fingerprint density at radius 2 is 1.18 bits per heavy atom. The highest BCUT2D eigenvalue weighted by molar-refractivity contribution is 8.00. The van der Waals surface area contributed by atoms with Gasteiger partial charge in [-0.3, -0.25) is 9.59 Å². The van der Waals surface area contributed by atoms with Gasteiger partial charge in [-0.25, -0.2) is 4.79 Å². The predicted molar refractivity (Wildman–Crippen MR) is 198 cm³/mol. The number of amides is 2. The van der Waals surface area contributed by atoms with Crippen molar-refractivity contribution in [3.05, 3.63) is 167 Å². The Hall–Kier alpha value is -5.34. The number of carbonyl (C=O) groups excluding carboxylic acids is 3. The van der Waals surface area contributed by atoms with E-state index in [1.807, 2.05) is 78.9 Å². The molecule has 0 radical (unpaired) electrons. The highest BCUT2D eigenvalue weighted by atomic mass is 32.2. The summed E-state index contributed by atoms with van der Waals surface area (Å²) < 4.78 is 9.92. The minimum atomic E-state index is -0.940. The van der Waals surface area contributed by atoms with E-state index in [1.54, 1.807) is 11.8 Å². The molecule has 254 valence electrons. The molecule has 1 unspecified atom stereocenters. The Kier molecular flexibility index (Phi) is 11.3. The van der Waals surface area contributed by atoms with Gasteiger partial charge in [0.1, 0.15) is 12.6 Å². The Labute approximate surface area is 297 Å².